The van der Waals surface area contributed by atoms with Crippen LogP contribution in [0.25, 0.3) is 5.57 Å². The molecule has 1 heterocycles. The lowest BCUT2D eigenvalue weighted by molar-refractivity contribution is -0.248. The number of nitrogens with zero attached hydrogens (tertiary/aromatic N) is 1. The summed E-state index contributed by atoms with van der Waals surface area (Å²) in [6.45, 7) is 26.6. The Labute approximate surface area is 308 Å². The van der Waals surface area contributed by atoms with Gasteiger partial charge in [0.2, 0.25) is 0 Å². The third-order valence-corrected chi connectivity index (χ3v) is 18.6. The molecule has 0 radical (unpaired) electrons. The summed E-state index contributed by atoms with van der Waals surface area (Å²) in [5.74, 6) is 1.78. The zero-order valence-corrected chi connectivity index (χ0v) is 33.1. The quantitative estimate of drug-likeness (QED) is 0.285. The molecule has 9 atom stereocenters. The van der Waals surface area contributed by atoms with Crippen molar-refractivity contribution in [2.45, 2.75) is 99.3 Å². The molecule has 6 aliphatic rings. The zero-order chi connectivity index (χ0) is 36.8. The Morgan fingerprint density at radius 3 is 2.24 bits per heavy atom. The monoisotopic (exact) mass is 713 g/mol. The van der Waals surface area contributed by atoms with Crippen molar-refractivity contribution in [2.75, 3.05) is 31.1 Å². The molecule has 0 bridgehead atoms. The number of carboxylic acids is 1. The summed E-state index contributed by atoms with van der Waals surface area (Å²) in [5.41, 5.74) is 4.78. The van der Waals surface area contributed by atoms with Crippen molar-refractivity contribution in [1.29, 1.82) is 0 Å². The Morgan fingerprint density at radius 1 is 0.941 bits per heavy atom. The predicted octanol–water partition coefficient (Wildman–Crippen LogP) is 9.88. The maximum atomic E-state index is 12.1. The van der Waals surface area contributed by atoms with E-state index in [0.717, 1.165) is 18.5 Å². The third-order valence-electron chi connectivity index (χ3n) is 17.0. The Bertz CT molecular complexity index is 1760. The number of fused-ring (bicyclic) bond motifs is 7. The molecular weight excluding hydrogens is 651 g/mol. The number of rotatable bonds is 7. The number of hydrogen-bond donors (Lipinski definition) is 1. The SMILES string of the molecule is C=C[C@]12CC[C@@H]3[C@@]4(C)CC=C(c5ccc(C(=O)O)cc5)C(C)(C)[C@@H]4CC[C@@]3(C)[C@]1(C)CC[C@@]1(/C=C/CN3CCS(=O)(=O)CC3)CC[C@@H](C(=C)C)[C@@H]12. The van der Waals surface area contributed by atoms with Gasteiger partial charge in [-0.15, -0.1) is 6.58 Å². The molecule has 0 amide bonds. The van der Waals surface area contributed by atoms with Crippen molar-refractivity contribution < 1.29 is 18.3 Å². The summed E-state index contributed by atoms with van der Waals surface area (Å²) in [6, 6.07) is 7.56. The molecular formula is C45H63NO4S. The lowest BCUT2D eigenvalue weighted by atomic mass is 9.28. The predicted molar refractivity (Wildman–Crippen MR) is 209 cm³/mol. The van der Waals surface area contributed by atoms with E-state index in [1.165, 1.54) is 62.5 Å². The number of sulfone groups is 1. The number of benzene rings is 1. The number of allylic oxidation sites excluding steroid dienone is 5. The Kier molecular flexibility index (Phi) is 8.90. The highest BCUT2D eigenvalue weighted by Crippen LogP contribution is 2.81. The lowest BCUT2D eigenvalue weighted by Crippen LogP contribution is -2.69. The van der Waals surface area contributed by atoms with Crippen LogP contribution in [0.3, 0.4) is 0 Å². The molecule has 5 aliphatic carbocycles. The summed E-state index contributed by atoms with van der Waals surface area (Å²) in [6.07, 6.45) is 20.7. The average molecular weight is 714 g/mol. The maximum Gasteiger partial charge on any atom is 0.335 e. The molecule has 4 saturated carbocycles. The number of carboxylic acid groups (broad SMARTS) is 1. The molecule has 5 fully saturated rings. The Morgan fingerprint density at radius 2 is 1.61 bits per heavy atom. The van der Waals surface area contributed by atoms with E-state index in [1.807, 2.05) is 12.1 Å². The van der Waals surface area contributed by atoms with E-state index in [9.17, 15) is 18.3 Å². The topological polar surface area (TPSA) is 74.7 Å². The highest BCUT2D eigenvalue weighted by atomic mass is 32.2. The molecule has 278 valence electrons. The second-order valence-electron chi connectivity index (χ2n) is 19.2. The standard InChI is InChI=1S/C45H63NO4S/c1-9-45-23-18-37-41(6)20-16-35(32-11-13-33(14-12-32)39(47)48)40(4,5)36(41)17-21-42(37,7)43(45,8)24-25-44(22-15-34(31(2)3)38(44)45)19-10-26-46-27-29-51(49,50)30-28-46/h9-14,16,19,34,36-38H,1-2,15,17-18,20-30H2,3-8H3,(H,47,48)/b19-10+/t34-,36-,37+,38-,41-,42+,43-,44+,45+/m0/s1. The normalized spacial score (nSPS) is 42.9. The number of hydrogen-bond acceptors (Lipinski definition) is 4. The first-order valence-corrected chi connectivity index (χ1v) is 21.7. The molecule has 5 nitrogen and oxygen atoms in total. The molecule has 1 saturated heterocycles. The van der Waals surface area contributed by atoms with Crippen LogP contribution in [0.2, 0.25) is 0 Å². The largest absolute Gasteiger partial charge is 0.478 e. The minimum absolute atomic E-state index is 0.0143. The van der Waals surface area contributed by atoms with Gasteiger partial charge in [0, 0.05) is 19.6 Å². The van der Waals surface area contributed by atoms with Crippen molar-refractivity contribution >= 4 is 21.4 Å². The molecule has 0 unspecified atom stereocenters. The highest BCUT2D eigenvalue weighted by molar-refractivity contribution is 7.91. The summed E-state index contributed by atoms with van der Waals surface area (Å²) < 4.78 is 24.1. The van der Waals surface area contributed by atoms with Gasteiger partial charge in [-0.2, -0.15) is 0 Å². The van der Waals surface area contributed by atoms with Crippen molar-refractivity contribution in [2.24, 2.45) is 56.2 Å². The van der Waals surface area contributed by atoms with E-state index >= 15 is 0 Å². The van der Waals surface area contributed by atoms with E-state index in [0.29, 0.717) is 42.3 Å². The summed E-state index contributed by atoms with van der Waals surface area (Å²) in [5, 5.41) is 9.51. The smallest absolute Gasteiger partial charge is 0.335 e. The molecule has 51 heavy (non-hydrogen) atoms. The van der Waals surface area contributed by atoms with Crippen molar-refractivity contribution in [3.63, 3.8) is 0 Å². The van der Waals surface area contributed by atoms with Gasteiger partial charge >= 0.3 is 5.97 Å². The van der Waals surface area contributed by atoms with E-state index in [1.54, 1.807) is 12.1 Å². The fourth-order valence-corrected chi connectivity index (χ4v) is 15.6. The zero-order valence-electron chi connectivity index (χ0n) is 32.3. The molecule has 0 aromatic heterocycles. The van der Waals surface area contributed by atoms with E-state index < -0.39 is 15.8 Å². The fourth-order valence-electron chi connectivity index (χ4n) is 14.4. The fraction of sp³-hybridized carbons (Fsp3) is 0.667. The average Bonchev–Trinajstić information content (AvgIpc) is 3.46. The van der Waals surface area contributed by atoms with E-state index in [-0.39, 0.29) is 44.0 Å². The molecule has 0 spiro atoms. The van der Waals surface area contributed by atoms with Crippen LogP contribution in [0.1, 0.15) is 115 Å². The van der Waals surface area contributed by atoms with Gasteiger partial charge in [0.05, 0.1) is 17.1 Å². The van der Waals surface area contributed by atoms with Gasteiger partial charge < -0.3 is 5.11 Å². The molecule has 1 aromatic carbocycles. The summed E-state index contributed by atoms with van der Waals surface area (Å²) in [4.78, 5) is 13.9. The van der Waals surface area contributed by atoms with Gasteiger partial charge in [0.15, 0.2) is 9.84 Å². The highest BCUT2D eigenvalue weighted by Gasteiger charge is 2.74. The van der Waals surface area contributed by atoms with Crippen LogP contribution in [-0.2, 0) is 9.84 Å². The second-order valence-corrected chi connectivity index (χ2v) is 21.5. The van der Waals surface area contributed by atoms with E-state index in [4.69, 9.17) is 6.58 Å². The van der Waals surface area contributed by atoms with Gasteiger partial charge in [-0.3, -0.25) is 4.90 Å². The Balaban J connectivity index is 1.22. The van der Waals surface area contributed by atoms with Crippen LogP contribution in [0, 0.1) is 56.2 Å². The van der Waals surface area contributed by atoms with Gasteiger partial charge in [-0.1, -0.05) is 83.2 Å². The van der Waals surface area contributed by atoms with Crippen LogP contribution in [0.4, 0.5) is 0 Å². The second kappa shape index (κ2) is 12.3. The van der Waals surface area contributed by atoms with Gasteiger partial charge in [-0.25, -0.2) is 13.2 Å². The first-order valence-electron chi connectivity index (χ1n) is 19.8. The summed E-state index contributed by atoms with van der Waals surface area (Å²) >= 11 is 0. The van der Waals surface area contributed by atoms with Crippen LogP contribution in [0.5, 0.6) is 0 Å². The van der Waals surface area contributed by atoms with Crippen LogP contribution in [0.15, 0.2) is 67.3 Å². The maximum absolute atomic E-state index is 12.1. The minimum Gasteiger partial charge on any atom is -0.478 e. The number of carbonyl (C=O) groups is 1. The van der Waals surface area contributed by atoms with Gasteiger partial charge in [0.25, 0.3) is 0 Å². The Hall–Kier alpha value is -2.44. The lowest BCUT2D eigenvalue weighted by Gasteiger charge is -2.75. The van der Waals surface area contributed by atoms with Crippen molar-refractivity contribution in [1.82, 2.24) is 4.90 Å². The minimum atomic E-state index is -2.89. The van der Waals surface area contributed by atoms with Crippen molar-refractivity contribution in [3.8, 4) is 0 Å². The van der Waals surface area contributed by atoms with Crippen LogP contribution in [-0.4, -0.2) is 55.5 Å². The molecule has 1 aromatic rings. The van der Waals surface area contributed by atoms with Gasteiger partial charge in [-0.05, 0) is 144 Å². The molecule has 6 heteroatoms. The van der Waals surface area contributed by atoms with Crippen LogP contribution >= 0.6 is 0 Å². The third kappa shape index (κ3) is 5.29. The van der Waals surface area contributed by atoms with Crippen LogP contribution < -0.4 is 0 Å². The van der Waals surface area contributed by atoms with Crippen molar-refractivity contribution in [3.05, 3.63) is 78.4 Å². The molecule has 1 N–H and O–H groups in total. The first kappa shape index (κ1) is 36.9. The number of aromatic carboxylic acids is 1. The van der Waals surface area contributed by atoms with E-state index in [2.05, 4.69) is 77.3 Å². The molecule has 1 aliphatic heterocycles. The van der Waals surface area contributed by atoms with Gasteiger partial charge in [0.1, 0.15) is 0 Å². The summed E-state index contributed by atoms with van der Waals surface area (Å²) in [7, 11) is -2.89. The first-order chi connectivity index (χ1) is 23.9. The molecule has 7 rings (SSSR count).